The molecule has 0 spiro atoms. The van der Waals surface area contributed by atoms with Gasteiger partial charge in [-0.3, -0.25) is 0 Å². The summed E-state index contributed by atoms with van der Waals surface area (Å²) in [5, 5.41) is 0. The van der Waals surface area contributed by atoms with E-state index in [1.165, 1.54) is 0 Å². The molecule has 1 rings (SSSR count). The summed E-state index contributed by atoms with van der Waals surface area (Å²) in [5.41, 5.74) is -2.64. The van der Waals surface area contributed by atoms with Gasteiger partial charge >= 0.3 is 12.1 Å². The van der Waals surface area contributed by atoms with Gasteiger partial charge in [0.15, 0.2) is 11.6 Å². The predicted molar refractivity (Wildman–Crippen MR) is 36.3 cm³/mol. The lowest BCUT2D eigenvalue weighted by Gasteiger charge is -2.20. The third-order valence-corrected chi connectivity index (χ3v) is 1.71. The van der Waals surface area contributed by atoms with E-state index in [0.29, 0.717) is 0 Å². The van der Waals surface area contributed by atoms with Gasteiger partial charge in [0.25, 0.3) is 0 Å². The van der Waals surface area contributed by atoms with Gasteiger partial charge in [0.1, 0.15) is 11.4 Å². The third-order valence-electron chi connectivity index (χ3n) is 1.71. The zero-order valence-corrected chi connectivity index (χ0v) is 7.18. The number of benzene rings is 1. The van der Waals surface area contributed by atoms with Crippen LogP contribution in [0, 0.1) is 17.5 Å². The summed E-state index contributed by atoms with van der Waals surface area (Å²) in [6.45, 7) is 0. The predicted octanol–water partition coefficient (Wildman–Crippen LogP) is 3.76. The molecular weight excluding hydrogens is 248 g/mol. The van der Waals surface area contributed by atoms with Crippen molar-refractivity contribution in [1.82, 2.24) is 0 Å². The van der Waals surface area contributed by atoms with Gasteiger partial charge in [0.2, 0.25) is 0 Å². The first-order valence-electron chi connectivity index (χ1n) is 3.67. The van der Waals surface area contributed by atoms with Crippen LogP contribution in [0.2, 0.25) is 0 Å². The average molecular weight is 250 g/mol. The van der Waals surface area contributed by atoms with Crippen molar-refractivity contribution in [3.63, 3.8) is 0 Å². The van der Waals surface area contributed by atoms with Crippen LogP contribution in [0.25, 0.3) is 0 Å². The zero-order chi connectivity index (χ0) is 12.7. The number of hydrogen-bond acceptors (Lipinski definition) is 0. The molecule has 0 aliphatic rings. The Bertz CT molecular complexity index is 405. The quantitative estimate of drug-likeness (QED) is 0.526. The standard InChI is InChI=1S/C8H2F8/c9-3-1-2-4(10)6(11)5(3)7(12,13)8(14,15)16/h1-2H. The highest BCUT2D eigenvalue weighted by atomic mass is 19.4. The van der Waals surface area contributed by atoms with Crippen molar-refractivity contribution >= 4 is 0 Å². The summed E-state index contributed by atoms with van der Waals surface area (Å²) in [7, 11) is 0. The van der Waals surface area contributed by atoms with E-state index in [1.54, 1.807) is 0 Å². The molecule has 1 aromatic rings. The number of alkyl halides is 5. The van der Waals surface area contributed by atoms with Crippen LogP contribution < -0.4 is 0 Å². The van der Waals surface area contributed by atoms with Gasteiger partial charge in [-0.05, 0) is 12.1 Å². The topological polar surface area (TPSA) is 0 Å². The Hall–Kier alpha value is -1.34. The SMILES string of the molecule is Fc1ccc(F)c(C(F)(F)C(F)(F)F)c1F. The number of hydrogen-bond donors (Lipinski definition) is 0. The first kappa shape index (κ1) is 12.7. The second-order valence-corrected chi connectivity index (χ2v) is 2.79. The van der Waals surface area contributed by atoms with Crippen LogP contribution in [0.4, 0.5) is 35.1 Å². The van der Waals surface area contributed by atoms with Crippen molar-refractivity contribution in [2.45, 2.75) is 12.1 Å². The Morgan fingerprint density at radius 2 is 1.19 bits per heavy atom. The average Bonchev–Trinajstić information content (AvgIpc) is 2.10. The first-order chi connectivity index (χ1) is 7.09. The molecule has 16 heavy (non-hydrogen) atoms. The van der Waals surface area contributed by atoms with E-state index in [4.69, 9.17) is 0 Å². The maximum absolute atomic E-state index is 12.7. The molecular formula is C8H2F8. The van der Waals surface area contributed by atoms with Crippen LogP contribution in [0.15, 0.2) is 12.1 Å². The monoisotopic (exact) mass is 250 g/mol. The number of rotatable bonds is 1. The summed E-state index contributed by atoms with van der Waals surface area (Å²) in [6.07, 6.45) is -6.21. The molecule has 0 bridgehead atoms. The van der Waals surface area contributed by atoms with Gasteiger partial charge in [-0.2, -0.15) is 22.0 Å². The lowest BCUT2D eigenvalue weighted by atomic mass is 10.1. The van der Waals surface area contributed by atoms with Crippen LogP contribution in [-0.2, 0) is 5.92 Å². The Labute approximate surface area is 83.5 Å². The molecule has 0 saturated heterocycles. The van der Waals surface area contributed by atoms with Gasteiger partial charge in [0, 0.05) is 0 Å². The van der Waals surface area contributed by atoms with E-state index in [0.717, 1.165) is 0 Å². The van der Waals surface area contributed by atoms with Crippen LogP contribution in [-0.4, -0.2) is 6.18 Å². The fourth-order valence-electron chi connectivity index (χ4n) is 0.957. The second-order valence-electron chi connectivity index (χ2n) is 2.79. The molecule has 0 radical (unpaired) electrons. The lowest BCUT2D eigenvalue weighted by Crippen LogP contribution is -2.35. The molecule has 0 amide bonds. The minimum absolute atomic E-state index is 0.00655. The van der Waals surface area contributed by atoms with E-state index >= 15 is 0 Å². The molecule has 0 saturated carbocycles. The van der Waals surface area contributed by atoms with E-state index in [9.17, 15) is 35.1 Å². The fourth-order valence-corrected chi connectivity index (χ4v) is 0.957. The van der Waals surface area contributed by atoms with Gasteiger partial charge in [0.05, 0.1) is 0 Å². The van der Waals surface area contributed by atoms with Gasteiger partial charge in [-0.15, -0.1) is 0 Å². The zero-order valence-electron chi connectivity index (χ0n) is 7.18. The molecule has 1 aromatic carbocycles. The van der Waals surface area contributed by atoms with Gasteiger partial charge < -0.3 is 0 Å². The van der Waals surface area contributed by atoms with E-state index in [-0.39, 0.29) is 12.1 Å². The minimum atomic E-state index is -6.21. The molecule has 0 fully saturated rings. The van der Waals surface area contributed by atoms with E-state index < -0.39 is 35.1 Å². The molecule has 0 aromatic heterocycles. The van der Waals surface area contributed by atoms with Crippen LogP contribution >= 0.6 is 0 Å². The van der Waals surface area contributed by atoms with E-state index in [2.05, 4.69) is 0 Å². The molecule has 0 N–H and O–H groups in total. The molecule has 8 heteroatoms. The number of halogens is 8. The summed E-state index contributed by atoms with van der Waals surface area (Å²) < 4.78 is 98.4. The Morgan fingerprint density at radius 3 is 1.62 bits per heavy atom. The van der Waals surface area contributed by atoms with Crippen molar-refractivity contribution in [1.29, 1.82) is 0 Å². The normalized spacial score (nSPS) is 13.0. The highest BCUT2D eigenvalue weighted by Gasteiger charge is 2.61. The molecule has 0 heterocycles. The van der Waals surface area contributed by atoms with Crippen LogP contribution in [0.3, 0.4) is 0 Å². The lowest BCUT2D eigenvalue weighted by molar-refractivity contribution is -0.291. The fraction of sp³-hybridized carbons (Fsp3) is 0.250. The molecule has 90 valence electrons. The van der Waals surface area contributed by atoms with Gasteiger partial charge in [-0.25, -0.2) is 13.2 Å². The van der Waals surface area contributed by atoms with Crippen molar-refractivity contribution in [3.8, 4) is 0 Å². The summed E-state index contributed by atoms with van der Waals surface area (Å²) in [4.78, 5) is 0. The van der Waals surface area contributed by atoms with Crippen molar-refractivity contribution in [2.75, 3.05) is 0 Å². The molecule has 0 nitrogen and oxygen atoms in total. The highest BCUT2D eigenvalue weighted by molar-refractivity contribution is 5.26. The van der Waals surface area contributed by atoms with Gasteiger partial charge in [-0.1, -0.05) is 0 Å². The van der Waals surface area contributed by atoms with Crippen LogP contribution in [0.1, 0.15) is 5.56 Å². The first-order valence-corrected chi connectivity index (χ1v) is 3.67. The minimum Gasteiger partial charge on any atom is -0.206 e. The summed E-state index contributed by atoms with van der Waals surface area (Å²) in [6, 6.07) is 0.105. The smallest absolute Gasteiger partial charge is 0.206 e. The van der Waals surface area contributed by atoms with Crippen molar-refractivity contribution < 1.29 is 35.1 Å². The highest BCUT2D eigenvalue weighted by Crippen LogP contribution is 2.45. The Morgan fingerprint density at radius 1 is 0.750 bits per heavy atom. The Balaban J connectivity index is 3.50. The Kier molecular flexibility index (Phi) is 2.86. The maximum Gasteiger partial charge on any atom is 0.458 e. The summed E-state index contributed by atoms with van der Waals surface area (Å²) in [5.74, 6) is -12.5. The largest absolute Gasteiger partial charge is 0.458 e. The maximum atomic E-state index is 12.7. The van der Waals surface area contributed by atoms with E-state index in [1.807, 2.05) is 0 Å². The molecule has 0 aliphatic heterocycles. The molecule has 0 atom stereocenters. The second kappa shape index (κ2) is 3.60. The molecule has 0 aliphatic carbocycles. The summed E-state index contributed by atoms with van der Waals surface area (Å²) >= 11 is 0. The van der Waals surface area contributed by atoms with Crippen molar-refractivity contribution in [3.05, 3.63) is 35.1 Å². The third kappa shape index (κ3) is 1.83. The van der Waals surface area contributed by atoms with Crippen molar-refractivity contribution in [2.24, 2.45) is 0 Å². The molecule has 0 unspecified atom stereocenters. The van der Waals surface area contributed by atoms with Crippen LogP contribution in [0.5, 0.6) is 0 Å².